The monoisotopic (exact) mass is 335 g/mol. The zero-order chi connectivity index (χ0) is 17.7. The molecule has 0 aromatic carbocycles. The summed E-state index contributed by atoms with van der Waals surface area (Å²) in [6, 6.07) is 5.40. The maximum atomic E-state index is 13.8. The molecule has 2 rings (SSSR count). The highest BCUT2D eigenvalue weighted by Gasteiger charge is 2.25. The first-order valence-electron chi connectivity index (χ1n) is 7.43. The minimum absolute atomic E-state index is 0.0692. The van der Waals surface area contributed by atoms with Gasteiger partial charge in [-0.25, -0.2) is 13.6 Å². The van der Waals surface area contributed by atoms with E-state index in [1.54, 1.807) is 20.8 Å². The molecule has 0 fully saturated rings. The number of aromatic nitrogens is 2. The van der Waals surface area contributed by atoms with Gasteiger partial charge in [0.05, 0.1) is 24.5 Å². The molecule has 0 aliphatic heterocycles. The Morgan fingerprint density at radius 1 is 1.04 bits per heavy atom. The minimum atomic E-state index is -0.735. The predicted octanol–water partition coefficient (Wildman–Crippen LogP) is 3.69. The van der Waals surface area contributed by atoms with Crippen LogP contribution in [0.3, 0.4) is 0 Å². The van der Waals surface area contributed by atoms with E-state index in [9.17, 15) is 13.6 Å². The highest BCUT2D eigenvalue weighted by Crippen LogP contribution is 2.16. The maximum Gasteiger partial charge on any atom is 0.411 e. The van der Waals surface area contributed by atoms with Gasteiger partial charge in [-0.05, 0) is 45.0 Å². The second-order valence-corrected chi connectivity index (χ2v) is 6.20. The van der Waals surface area contributed by atoms with Crippen LogP contribution in [-0.2, 0) is 17.8 Å². The molecule has 128 valence electrons. The van der Waals surface area contributed by atoms with Crippen molar-refractivity contribution in [1.29, 1.82) is 0 Å². The number of halogens is 2. The van der Waals surface area contributed by atoms with E-state index in [1.807, 2.05) is 0 Å². The van der Waals surface area contributed by atoms with Gasteiger partial charge < -0.3 is 4.74 Å². The Hall–Kier alpha value is -2.57. The smallest absolute Gasteiger partial charge is 0.411 e. The number of ether oxygens (including phenoxy) is 1. The number of hydrogen-bond donors (Lipinski definition) is 0. The Labute approximate surface area is 139 Å². The first kappa shape index (κ1) is 17.8. The first-order valence-corrected chi connectivity index (χ1v) is 7.43. The third-order valence-corrected chi connectivity index (χ3v) is 3.00. The van der Waals surface area contributed by atoms with Crippen LogP contribution < -0.4 is 0 Å². The van der Waals surface area contributed by atoms with Gasteiger partial charge in [-0.2, -0.15) is 0 Å². The molecule has 0 atom stereocenters. The molecule has 0 bridgehead atoms. The molecule has 0 aliphatic rings. The molecule has 0 saturated carbocycles. The number of amides is 1. The number of carbonyl (C=O) groups excluding carboxylic acids is 1. The Kier molecular flexibility index (Phi) is 5.43. The molecular weight excluding hydrogens is 316 g/mol. The van der Waals surface area contributed by atoms with Crippen LogP contribution >= 0.6 is 0 Å². The van der Waals surface area contributed by atoms with E-state index in [0.29, 0.717) is 0 Å². The fourth-order valence-corrected chi connectivity index (χ4v) is 1.94. The fraction of sp³-hybridized carbons (Fsp3) is 0.353. The second-order valence-electron chi connectivity index (χ2n) is 6.20. The van der Waals surface area contributed by atoms with Gasteiger partial charge in [0.2, 0.25) is 0 Å². The van der Waals surface area contributed by atoms with Gasteiger partial charge in [-0.1, -0.05) is 0 Å². The quantitative estimate of drug-likeness (QED) is 0.855. The summed E-state index contributed by atoms with van der Waals surface area (Å²) >= 11 is 0. The summed E-state index contributed by atoms with van der Waals surface area (Å²) in [4.78, 5) is 21.4. The SMILES string of the molecule is CC(C)(C)OC(=O)N(Cc1ncccc1F)Cc1ncccc1F. The van der Waals surface area contributed by atoms with Crippen LogP contribution in [0.5, 0.6) is 0 Å². The van der Waals surface area contributed by atoms with Crippen molar-refractivity contribution in [3.63, 3.8) is 0 Å². The minimum Gasteiger partial charge on any atom is -0.444 e. The van der Waals surface area contributed by atoms with Crippen molar-refractivity contribution in [2.45, 2.75) is 39.5 Å². The number of pyridine rings is 2. The van der Waals surface area contributed by atoms with Crippen LogP contribution in [0.2, 0.25) is 0 Å². The van der Waals surface area contributed by atoms with E-state index in [2.05, 4.69) is 9.97 Å². The molecule has 0 aliphatic carbocycles. The van der Waals surface area contributed by atoms with E-state index in [0.717, 1.165) is 0 Å². The lowest BCUT2D eigenvalue weighted by Gasteiger charge is -2.27. The molecule has 2 aromatic rings. The largest absolute Gasteiger partial charge is 0.444 e. The van der Waals surface area contributed by atoms with E-state index < -0.39 is 23.3 Å². The molecule has 0 radical (unpaired) electrons. The Morgan fingerprint density at radius 2 is 1.50 bits per heavy atom. The van der Waals surface area contributed by atoms with Gasteiger partial charge in [0.15, 0.2) is 0 Å². The zero-order valence-electron chi connectivity index (χ0n) is 13.8. The van der Waals surface area contributed by atoms with Crippen molar-refractivity contribution in [1.82, 2.24) is 14.9 Å². The number of carbonyl (C=O) groups is 1. The zero-order valence-corrected chi connectivity index (χ0v) is 13.8. The van der Waals surface area contributed by atoms with Crippen LogP contribution in [-0.4, -0.2) is 26.6 Å². The van der Waals surface area contributed by atoms with Crippen molar-refractivity contribution in [3.05, 3.63) is 59.7 Å². The standard InChI is InChI=1S/C17H19F2N3O2/c1-17(2,3)24-16(23)22(10-14-12(18)6-4-8-20-14)11-15-13(19)7-5-9-21-15/h4-9H,10-11H2,1-3H3. The molecule has 0 saturated heterocycles. The van der Waals surface area contributed by atoms with Crippen molar-refractivity contribution in [3.8, 4) is 0 Å². The van der Waals surface area contributed by atoms with Crippen LogP contribution in [0.15, 0.2) is 36.7 Å². The van der Waals surface area contributed by atoms with Gasteiger partial charge in [0.1, 0.15) is 17.2 Å². The van der Waals surface area contributed by atoms with Crippen molar-refractivity contribution in [2.24, 2.45) is 0 Å². The lowest BCUT2D eigenvalue weighted by atomic mass is 10.2. The van der Waals surface area contributed by atoms with E-state index in [-0.39, 0.29) is 24.5 Å². The molecule has 2 aromatic heterocycles. The third kappa shape index (κ3) is 4.97. The van der Waals surface area contributed by atoms with Crippen LogP contribution in [0.4, 0.5) is 13.6 Å². The first-order chi connectivity index (χ1) is 11.3. The molecule has 0 unspecified atom stereocenters. The van der Waals surface area contributed by atoms with Crippen molar-refractivity contribution < 1.29 is 18.3 Å². The Bertz CT molecular complexity index is 669. The summed E-state index contributed by atoms with van der Waals surface area (Å²) < 4.78 is 33.0. The van der Waals surface area contributed by atoms with Gasteiger partial charge in [0, 0.05) is 12.4 Å². The maximum absolute atomic E-state index is 13.8. The van der Waals surface area contributed by atoms with Crippen molar-refractivity contribution in [2.75, 3.05) is 0 Å². The van der Waals surface area contributed by atoms with Gasteiger partial charge >= 0.3 is 6.09 Å². The summed E-state index contributed by atoms with van der Waals surface area (Å²) in [5, 5.41) is 0. The molecule has 0 N–H and O–H groups in total. The second kappa shape index (κ2) is 7.33. The lowest BCUT2D eigenvalue weighted by molar-refractivity contribution is 0.0208. The van der Waals surface area contributed by atoms with Gasteiger partial charge in [-0.15, -0.1) is 0 Å². The van der Waals surface area contributed by atoms with E-state index >= 15 is 0 Å². The molecule has 5 nitrogen and oxygen atoms in total. The summed E-state index contributed by atoms with van der Waals surface area (Å²) in [5.74, 6) is -1.10. The molecular formula is C17H19F2N3O2. The summed E-state index contributed by atoms with van der Waals surface area (Å²) in [7, 11) is 0. The van der Waals surface area contributed by atoms with Gasteiger partial charge in [0.25, 0.3) is 0 Å². The lowest BCUT2D eigenvalue weighted by Crippen LogP contribution is -2.37. The van der Waals surface area contributed by atoms with E-state index in [1.165, 1.54) is 41.6 Å². The molecule has 2 heterocycles. The predicted molar refractivity (Wildman–Crippen MR) is 83.9 cm³/mol. The summed E-state index contributed by atoms with van der Waals surface area (Å²) in [6.45, 7) is 4.83. The van der Waals surface area contributed by atoms with Crippen LogP contribution in [0.25, 0.3) is 0 Å². The highest BCUT2D eigenvalue weighted by molar-refractivity contribution is 5.68. The average Bonchev–Trinajstić information content (AvgIpc) is 2.49. The number of nitrogens with zero attached hydrogens (tertiary/aromatic N) is 3. The highest BCUT2D eigenvalue weighted by atomic mass is 19.1. The van der Waals surface area contributed by atoms with E-state index in [4.69, 9.17) is 4.74 Å². The summed E-state index contributed by atoms with van der Waals surface area (Å²) in [6.07, 6.45) is 2.15. The topological polar surface area (TPSA) is 55.3 Å². The Morgan fingerprint density at radius 3 is 1.88 bits per heavy atom. The van der Waals surface area contributed by atoms with Crippen LogP contribution in [0.1, 0.15) is 32.2 Å². The molecule has 1 amide bonds. The fourth-order valence-electron chi connectivity index (χ4n) is 1.94. The normalized spacial score (nSPS) is 11.2. The molecule has 0 spiro atoms. The van der Waals surface area contributed by atoms with Crippen LogP contribution in [0, 0.1) is 11.6 Å². The molecule has 24 heavy (non-hydrogen) atoms. The molecule has 7 heteroatoms. The number of rotatable bonds is 4. The number of hydrogen-bond acceptors (Lipinski definition) is 4. The average molecular weight is 335 g/mol. The summed E-state index contributed by atoms with van der Waals surface area (Å²) in [5.41, 5.74) is -0.597. The van der Waals surface area contributed by atoms with Gasteiger partial charge in [-0.3, -0.25) is 14.9 Å². The third-order valence-electron chi connectivity index (χ3n) is 3.00. The van der Waals surface area contributed by atoms with Crippen molar-refractivity contribution >= 4 is 6.09 Å². The Balaban J connectivity index is 2.26.